The molecule has 0 saturated heterocycles. The lowest BCUT2D eigenvalue weighted by molar-refractivity contribution is -0.136. The molecule has 0 atom stereocenters. The van der Waals surface area contributed by atoms with E-state index in [9.17, 15) is 13.2 Å². The van der Waals surface area contributed by atoms with E-state index in [1.165, 1.54) is 6.07 Å². The van der Waals surface area contributed by atoms with Crippen LogP contribution in [0.3, 0.4) is 0 Å². The first-order chi connectivity index (χ1) is 6.95. The third-order valence-corrected chi connectivity index (χ3v) is 2.84. The molecular formula is C10H12F3NS. The Morgan fingerprint density at radius 2 is 2.00 bits per heavy atom. The first-order valence-electron chi connectivity index (χ1n) is 4.48. The molecule has 0 aliphatic rings. The van der Waals surface area contributed by atoms with Crippen molar-refractivity contribution in [1.29, 1.82) is 0 Å². The Balaban J connectivity index is 2.95. The van der Waals surface area contributed by atoms with Crippen molar-refractivity contribution in [3.05, 3.63) is 29.3 Å². The van der Waals surface area contributed by atoms with Gasteiger partial charge in [-0.3, -0.25) is 0 Å². The van der Waals surface area contributed by atoms with Crippen molar-refractivity contribution in [2.75, 3.05) is 11.5 Å². The van der Waals surface area contributed by atoms with E-state index in [0.717, 1.165) is 11.8 Å². The van der Waals surface area contributed by atoms with Gasteiger partial charge in [-0.15, -0.1) is 0 Å². The summed E-state index contributed by atoms with van der Waals surface area (Å²) < 4.78 is 37.4. The molecule has 1 rings (SSSR count). The van der Waals surface area contributed by atoms with Crippen LogP contribution in [0.15, 0.2) is 18.2 Å². The maximum absolute atomic E-state index is 12.5. The summed E-state index contributed by atoms with van der Waals surface area (Å²) in [5.74, 6) is 1.46. The Kier molecular flexibility index (Phi) is 3.90. The van der Waals surface area contributed by atoms with Crippen LogP contribution in [0.2, 0.25) is 0 Å². The fourth-order valence-electron chi connectivity index (χ4n) is 1.16. The predicted molar refractivity (Wildman–Crippen MR) is 57.7 cm³/mol. The van der Waals surface area contributed by atoms with Crippen LogP contribution in [0.25, 0.3) is 0 Å². The van der Waals surface area contributed by atoms with Crippen LogP contribution in [-0.2, 0) is 11.9 Å². The zero-order valence-electron chi connectivity index (χ0n) is 8.27. The van der Waals surface area contributed by atoms with Crippen molar-refractivity contribution in [3.63, 3.8) is 0 Å². The number of anilines is 1. The summed E-state index contributed by atoms with van der Waals surface area (Å²) in [6, 6.07) is 4.07. The molecule has 0 amide bonds. The first-order valence-corrected chi connectivity index (χ1v) is 5.64. The van der Waals surface area contributed by atoms with Crippen molar-refractivity contribution in [1.82, 2.24) is 0 Å². The molecule has 0 saturated carbocycles. The minimum absolute atomic E-state index is 0.215. The number of halogens is 3. The average molecular weight is 235 g/mol. The van der Waals surface area contributed by atoms with Crippen molar-refractivity contribution in [3.8, 4) is 0 Å². The molecule has 0 heterocycles. The summed E-state index contributed by atoms with van der Waals surface area (Å²) in [6.45, 7) is 1.96. The zero-order chi connectivity index (χ0) is 11.5. The SMILES string of the molecule is CCSCc1ccc(N)c(C(F)(F)F)c1. The fourth-order valence-corrected chi connectivity index (χ4v) is 1.78. The number of hydrogen-bond donors (Lipinski definition) is 1. The Labute approximate surface area is 90.9 Å². The highest BCUT2D eigenvalue weighted by molar-refractivity contribution is 7.98. The summed E-state index contributed by atoms with van der Waals surface area (Å²) in [5.41, 5.74) is 4.98. The molecule has 0 spiro atoms. The van der Waals surface area contributed by atoms with Gasteiger partial charge in [-0.25, -0.2) is 0 Å². The van der Waals surface area contributed by atoms with E-state index >= 15 is 0 Å². The molecule has 0 radical (unpaired) electrons. The minimum Gasteiger partial charge on any atom is -0.398 e. The number of nitrogens with two attached hydrogens (primary N) is 1. The van der Waals surface area contributed by atoms with E-state index in [0.29, 0.717) is 11.3 Å². The molecular weight excluding hydrogens is 223 g/mol. The number of rotatable bonds is 3. The molecule has 0 aromatic heterocycles. The summed E-state index contributed by atoms with van der Waals surface area (Å²) in [6.07, 6.45) is -4.36. The minimum atomic E-state index is -4.36. The Morgan fingerprint density at radius 1 is 1.33 bits per heavy atom. The lowest BCUT2D eigenvalue weighted by Crippen LogP contribution is -2.09. The molecule has 0 aliphatic carbocycles. The van der Waals surface area contributed by atoms with Gasteiger partial charge in [0.2, 0.25) is 0 Å². The van der Waals surface area contributed by atoms with Crippen LogP contribution in [0.5, 0.6) is 0 Å². The lowest BCUT2D eigenvalue weighted by atomic mass is 10.1. The van der Waals surface area contributed by atoms with Crippen LogP contribution < -0.4 is 5.73 Å². The molecule has 0 bridgehead atoms. The van der Waals surface area contributed by atoms with Crippen LogP contribution in [-0.4, -0.2) is 5.75 Å². The summed E-state index contributed by atoms with van der Waals surface area (Å²) in [4.78, 5) is 0. The van der Waals surface area contributed by atoms with Crippen LogP contribution in [0.1, 0.15) is 18.1 Å². The van der Waals surface area contributed by atoms with Crippen molar-refractivity contribution < 1.29 is 13.2 Å². The standard InChI is InChI=1S/C10H12F3NS/c1-2-15-6-7-3-4-9(14)8(5-7)10(11,12)13/h3-5H,2,6,14H2,1H3. The number of benzene rings is 1. The Morgan fingerprint density at radius 3 is 2.53 bits per heavy atom. The molecule has 1 aromatic rings. The van der Waals surface area contributed by atoms with Gasteiger partial charge in [0.25, 0.3) is 0 Å². The average Bonchev–Trinajstić information content (AvgIpc) is 2.15. The van der Waals surface area contributed by atoms with Gasteiger partial charge < -0.3 is 5.73 Å². The van der Waals surface area contributed by atoms with Gasteiger partial charge in [0, 0.05) is 11.4 Å². The third-order valence-electron chi connectivity index (χ3n) is 1.90. The third kappa shape index (κ3) is 3.34. The second-order valence-electron chi connectivity index (χ2n) is 3.06. The quantitative estimate of drug-likeness (QED) is 0.811. The van der Waals surface area contributed by atoms with Gasteiger partial charge in [0.05, 0.1) is 5.56 Å². The second kappa shape index (κ2) is 4.79. The molecule has 1 nitrogen and oxygen atoms in total. The molecule has 5 heteroatoms. The molecule has 1 aromatic carbocycles. The highest BCUT2D eigenvalue weighted by Crippen LogP contribution is 2.34. The normalized spacial score (nSPS) is 11.7. The molecule has 0 unspecified atom stereocenters. The number of alkyl halides is 3. The van der Waals surface area contributed by atoms with E-state index in [2.05, 4.69) is 0 Å². The molecule has 15 heavy (non-hydrogen) atoms. The maximum atomic E-state index is 12.5. The van der Waals surface area contributed by atoms with Crippen molar-refractivity contribution in [2.24, 2.45) is 0 Å². The van der Waals surface area contributed by atoms with Gasteiger partial charge in [0.1, 0.15) is 0 Å². The highest BCUT2D eigenvalue weighted by atomic mass is 32.2. The monoisotopic (exact) mass is 235 g/mol. The molecule has 0 fully saturated rings. The Bertz CT molecular complexity index is 336. The zero-order valence-corrected chi connectivity index (χ0v) is 9.08. The van der Waals surface area contributed by atoms with Crippen molar-refractivity contribution >= 4 is 17.4 Å². The number of nitrogen functional groups attached to an aromatic ring is 1. The van der Waals surface area contributed by atoms with E-state index < -0.39 is 11.7 Å². The smallest absolute Gasteiger partial charge is 0.398 e. The van der Waals surface area contributed by atoms with E-state index in [4.69, 9.17) is 5.73 Å². The molecule has 2 N–H and O–H groups in total. The van der Waals surface area contributed by atoms with Gasteiger partial charge in [-0.1, -0.05) is 13.0 Å². The van der Waals surface area contributed by atoms with Crippen molar-refractivity contribution in [2.45, 2.75) is 18.9 Å². The van der Waals surface area contributed by atoms with Gasteiger partial charge in [-0.2, -0.15) is 24.9 Å². The van der Waals surface area contributed by atoms with E-state index in [1.807, 2.05) is 6.92 Å². The van der Waals surface area contributed by atoms with Gasteiger partial charge >= 0.3 is 6.18 Å². The molecule has 0 aliphatic heterocycles. The highest BCUT2D eigenvalue weighted by Gasteiger charge is 2.32. The summed E-state index contributed by atoms with van der Waals surface area (Å²) >= 11 is 1.58. The van der Waals surface area contributed by atoms with E-state index in [-0.39, 0.29) is 5.69 Å². The van der Waals surface area contributed by atoms with Crippen LogP contribution >= 0.6 is 11.8 Å². The lowest BCUT2D eigenvalue weighted by Gasteiger charge is -2.11. The topological polar surface area (TPSA) is 26.0 Å². The summed E-state index contributed by atoms with van der Waals surface area (Å²) in [7, 11) is 0. The van der Waals surface area contributed by atoms with Crippen LogP contribution in [0.4, 0.5) is 18.9 Å². The van der Waals surface area contributed by atoms with Gasteiger partial charge in [0.15, 0.2) is 0 Å². The fraction of sp³-hybridized carbons (Fsp3) is 0.400. The number of hydrogen-bond acceptors (Lipinski definition) is 2. The van der Waals surface area contributed by atoms with E-state index in [1.54, 1.807) is 17.8 Å². The second-order valence-corrected chi connectivity index (χ2v) is 4.33. The predicted octanol–water partition coefficient (Wildman–Crippen LogP) is 3.54. The molecule has 84 valence electrons. The number of thioether (sulfide) groups is 1. The van der Waals surface area contributed by atoms with Crippen LogP contribution in [0, 0.1) is 0 Å². The van der Waals surface area contributed by atoms with Gasteiger partial charge in [-0.05, 0) is 23.4 Å². The Hall–Kier alpha value is -0.840. The maximum Gasteiger partial charge on any atom is 0.418 e. The first kappa shape index (κ1) is 12.2. The largest absolute Gasteiger partial charge is 0.418 e. The summed E-state index contributed by atoms with van der Waals surface area (Å²) in [5, 5.41) is 0.